The summed E-state index contributed by atoms with van der Waals surface area (Å²) in [6, 6.07) is 13.1. The van der Waals surface area contributed by atoms with Gasteiger partial charge in [-0.2, -0.15) is 0 Å². The van der Waals surface area contributed by atoms with Gasteiger partial charge in [-0.25, -0.2) is 4.39 Å². The summed E-state index contributed by atoms with van der Waals surface area (Å²) in [5, 5.41) is 8.91. The van der Waals surface area contributed by atoms with E-state index in [2.05, 4.69) is 14.9 Å². The number of nitrogens with zero attached hydrogens (tertiary/aromatic N) is 2. The van der Waals surface area contributed by atoms with Crippen LogP contribution in [0.5, 0.6) is 16.7 Å². The predicted molar refractivity (Wildman–Crippen MR) is 98.5 cm³/mol. The molecule has 1 aromatic heterocycles. The van der Waals surface area contributed by atoms with Gasteiger partial charge in [0.2, 0.25) is 0 Å². The zero-order chi connectivity index (χ0) is 19.2. The van der Waals surface area contributed by atoms with Crippen molar-refractivity contribution >= 4 is 17.3 Å². The molecule has 0 spiro atoms. The van der Waals surface area contributed by atoms with Crippen LogP contribution in [0, 0.1) is 11.7 Å². The van der Waals surface area contributed by atoms with Gasteiger partial charge in [0, 0.05) is 5.56 Å². The molecule has 6 nitrogen and oxygen atoms in total. The minimum Gasteiger partial charge on any atom is -0.493 e. The molecule has 27 heavy (non-hydrogen) atoms. The number of hydrogen-bond donors (Lipinski definition) is 0. The van der Waals surface area contributed by atoms with Crippen LogP contribution >= 0.6 is 11.3 Å². The Balaban J connectivity index is 1.59. The summed E-state index contributed by atoms with van der Waals surface area (Å²) < 4.78 is 29.2. The molecule has 3 rings (SSSR count). The van der Waals surface area contributed by atoms with Crippen molar-refractivity contribution in [3.63, 3.8) is 0 Å². The number of carbonyl (C=O) groups is 1. The molecule has 1 heterocycles. The molecule has 0 aliphatic heterocycles. The van der Waals surface area contributed by atoms with Gasteiger partial charge >= 0.3 is 5.97 Å². The number of hydrogen-bond acceptors (Lipinski definition) is 7. The van der Waals surface area contributed by atoms with Crippen LogP contribution in [0.4, 0.5) is 4.39 Å². The third-order valence-corrected chi connectivity index (χ3v) is 4.46. The Hall–Kier alpha value is -3.00. The first-order valence-corrected chi connectivity index (χ1v) is 8.95. The van der Waals surface area contributed by atoms with E-state index >= 15 is 0 Å². The number of esters is 1. The van der Waals surface area contributed by atoms with Gasteiger partial charge in [0.25, 0.3) is 5.19 Å². The van der Waals surface area contributed by atoms with Crippen LogP contribution in [-0.2, 0) is 9.53 Å². The lowest BCUT2D eigenvalue weighted by molar-refractivity contribution is -0.145. The first-order chi connectivity index (χ1) is 13.0. The first-order valence-electron chi connectivity index (χ1n) is 8.13. The molecule has 0 N–H and O–H groups in total. The maximum Gasteiger partial charge on any atom is 0.311 e. The number of aromatic nitrogens is 2. The van der Waals surface area contributed by atoms with E-state index in [-0.39, 0.29) is 24.3 Å². The summed E-state index contributed by atoms with van der Waals surface area (Å²) >= 11 is 1.22. The number of rotatable bonds is 7. The molecule has 0 saturated carbocycles. The smallest absolute Gasteiger partial charge is 0.311 e. The summed E-state index contributed by atoms with van der Waals surface area (Å²) in [7, 11) is 1.35. The highest BCUT2D eigenvalue weighted by Gasteiger charge is 2.14. The molecular weight excluding hydrogens is 371 g/mol. The maximum absolute atomic E-state index is 13.3. The fourth-order valence-electron chi connectivity index (χ4n) is 2.18. The van der Waals surface area contributed by atoms with Gasteiger partial charge in [-0.15, -0.1) is 5.10 Å². The van der Waals surface area contributed by atoms with Gasteiger partial charge in [0.1, 0.15) is 23.9 Å². The van der Waals surface area contributed by atoms with Gasteiger partial charge in [0.05, 0.1) is 13.0 Å². The molecule has 1 atom stereocenters. The lowest BCUT2D eigenvalue weighted by Gasteiger charge is -2.11. The minimum absolute atomic E-state index is 0.222. The Morgan fingerprint density at radius 2 is 1.89 bits per heavy atom. The fourth-order valence-corrected chi connectivity index (χ4v) is 2.90. The highest BCUT2D eigenvalue weighted by atomic mass is 32.1. The topological polar surface area (TPSA) is 70.5 Å². The lowest BCUT2D eigenvalue weighted by atomic mass is 10.2. The average molecular weight is 388 g/mol. The number of carbonyl (C=O) groups excluding carboxylic acids is 1. The van der Waals surface area contributed by atoms with Crippen molar-refractivity contribution in [3.05, 3.63) is 54.3 Å². The molecule has 0 aliphatic carbocycles. The second-order valence-corrected chi connectivity index (χ2v) is 6.63. The highest BCUT2D eigenvalue weighted by Crippen LogP contribution is 2.31. The summed E-state index contributed by atoms with van der Waals surface area (Å²) in [6.07, 6.45) is 0. The van der Waals surface area contributed by atoms with E-state index in [4.69, 9.17) is 9.47 Å². The van der Waals surface area contributed by atoms with Gasteiger partial charge < -0.3 is 14.2 Å². The number of benzene rings is 2. The summed E-state index contributed by atoms with van der Waals surface area (Å²) in [6.45, 7) is 1.95. The van der Waals surface area contributed by atoms with Crippen molar-refractivity contribution in [2.75, 3.05) is 13.7 Å². The maximum atomic E-state index is 13.3. The molecule has 0 aliphatic rings. The van der Waals surface area contributed by atoms with Crippen molar-refractivity contribution in [2.45, 2.75) is 6.92 Å². The molecule has 0 amide bonds. The lowest BCUT2D eigenvalue weighted by Crippen LogP contribution is -2.19. The van der Waals surface area contributed by atoms with E-state index in [0.29, 0.717) is 27.3 Å². The van der Waals surface area contributed by atoms with E-state index < -0.39 is 0 Å². The number of halogens is 1. The second kappa shape index (κ2) is 8.59. The fraction of sp³-hybridized carbons (Fsp3) is 0.211. The van der Waals surface area contributed by atoms with E-state index in [1.54, 1.807) is 43.3 Å². The third kappa shape index (κ3) is 5.01. The summed E-state index contributed by atoms with van der Waals surface area (Å²) in [4.78, 5) is 11.4. The first kappa shape index (κ1) is 18.8. The Morgan fingerprint density at radius 1 is 1.15 bits per heavy atom. The van der Waals surface area contributed by atoms with Crippen LogP contribution in [-0.4, -0.2) is 29.9 Å². The molecule has 0 unspecified atom stereocenters. The van der Waals surface area contributed by atoms with Crippen LogP contribution in [0.3, 0.4) is 0 Å². The van der Waals surface area contributed by atoms with Gasteiger partial charge in [-0.3, -0.25) is 4.79 Å². The molecule has 3 aromatic rings. The van der Waals surface area contributed by atoms with E-state index in [1.165, 1.54) is 30.6 Å². The predicted octanol–water partition coefficient (Wildman–Crippen LogP) is 4.32. The highest BCUT2D eigenvalue weighted by molar-refractivity contribution is 7.16. The molecular formula is C19H17FN2O4S. The van der Waals surface area contributed by atoms with Crippen LogP contribution in [0.25, 0.3) is 10.6 Å². The van der Waals surface area contributed by atoms with Crippen LogP contribution < -0.4 is 9.47 Å². The van der Waals surface area contributed by atoms with Crippen molar-refractivity contribution in [1.82, 2.24) is 10.2 Å². The molecule has 2 aromatic carbocycles. The second-order valence-electron chi connectivity index (χ2n) is 5.69. The van der Waals surface area contributed by atoms with Crippen molar-refractivity contribution in [2.24, 2.45) is 5.92 Å². The molecule has 140 valence electrons. The van der Waals surface area contributed by atoms with Crippen molar-refractivity contribution < 1.29 is 23.4 Å². The molecule has 0 bridgehead atoms. The number of ether oxygens (including phenoxy) is 3. The van der Waals surface area contributed by atoms with Gasteiger partial charge in [-0.05, 0) is 43.3 Å². The normalized spacial score (nSPS) is 11.7. The third-order valence-electron chi connectivity index (χ3n) is 3.61. The number of methoxy groups -OCH3 is 1. The zero-order valence-corrected chi connectivity index (χ0v) is 15.5. The van der Waals surface area contributed by atoms with Gasteiger partial charge in [0.15, 0.2) is 5.01 Å². The molecule has 0 fully saturated rings. The quantitative estimate of drug-likeness (QED) is 0.561. The average Bonchev–Trinajstić information content (AvgIpc) is 3.15. The Kier molecular flexibility index (Phi) is 5.97. The zero-order valence-electron chi connectivity index (χ0n) is 14.7. The Labute approximate surface area is 159 Å². The standard InChI is InChI=1S/C19H17FN2O4S/c1-12(18(23)24-2)11-25-15-6-8-16(9-7-15)26-19-22-21-17(27-19)13-4-3-5-14(20)10-13/h3-10,12H,11H2,1-2H3/t12-/m0/s1. The van der Waals surface area contributed by atoms with Crippen molar-refractivity contribution in [1.29, 1.82) is 0 Å². The Morgan fingerprint density at radius 3 is 2.59 bits per heavy atom. The summed E-state index contributed by atoms with van der Waals surface area (Å²) in [5.41, 5.74) is 0.644. The van der Waals surface area contributed by atoms with E-state index in [9.17, 15) is 9.18 Å². The van der Waals surface area contributed by atoms with Crippen LogP contribution in [0.15, 0.2) is 48.5 Å². The summed E-state index contributed by atoms with van der Waals surface area (Å²) in [5.74, 6) is 0.164. The SMILES string of the molecule is COC(=O)[C@@H](C)COc1ccc(Oc2nnc(-c3cccc(F)c3)s2)cc1. The van der Waals surface area contributed by atoms with Gasteiger partial charge in [-0.1, -0.05) is 28.6 Å². The van der Waals surface area contributed by atoms with Crippen LogP contribution in [0.1, 0.15) is 6.92 Å². The van der Waals surface area contributed by atoms with E-state index in [1.807, 2.05) is 0 Å². The molecule has 8 heteroatoms. The Bertz CT molecular complexity index is 914. The largest absolute Gasteiger partial charge is 0.493 e. The van der Waals surface area contributed by atoms with Crippen molar-refractivity contribution in [3.8, 4) is 27.3 Å². The van der Waals surface area contributed by atoms with E-state index in [0.717, 1.165) is 0 Å². The monoisotopic (exact) mass is 388 g/mol. The molecule has 0 radical (unpaired) electrons. The molecule has 0 saturated heterocycles. The minimum atomic E-state index is -0.353. The van der Waals surface area contributed by atoms with Crippen LogP contribution in [0.2, 0.25) is 0 Å².